The first kappa shape index (κ1) is 20.7. The first-order valence-corrected chi connectivity index (χ1v) is 9.27. The molecular weight excluding hydrogens is 392 g/mol. The summed E-state index contributed by atoms with van der Waals surface area (Å²) >= 11 is 6.79. The molecule has 0 bridgehead atoms. The van der Waals surface area contributed by atoms with Gasteiger partial charge in [-0.3, -0.25) is 9.59 Å². The summed E-state index contributed by atoms with van der Waals surface area (Å²) in [6.45, 7) is 3.27. The van der Waals surface area contributed by atoms with Crippen LogP contribution in [0.3, 0.4) is 0 Å². The van der Waals surface area contributed by atoms with Gasteiger partial charge in [0.25, 0.3) is 11.8 Å². The first-order chi connectivity index (χ1) is 12.9. The number of esters is 1. The van der Waals surface area contributed by atoms with E-state index in [4.69, 9.17) is 21.1 Å². The van der Waals surface area contributed by atoms with Crippen molar-refractivity contribution in [3.8, 4) is 5.75 Å². The number of thiophene rings is 1. The van der Waals surface area contributed by atoms with Gasteiger partial charge in [-0.2, -0.15) is 0 Å². The second kappa shape index (κ2) is 9.38. The highest BCUT2D eigenvalue weighted by Gasteiger charge is 2.25. The molecule has 0 spiro atoms. The van der Waals surface area contributed by atoms with Crippen LogP contribution in [0, 0.1) is 6.92 Å². The Labute approximate surface area is 165 Å². The summed E-state index contributed by atoms with van der Waals surface area (Å²) in [7, 11) is 1.47. The van der Waals surface area contributed by atoms with Crippen LogP contribution in [-0.2, 0) is 9.53 Å². The van der Waals surface area contributed by atoms with E-state index in [9.17, 15) is 14.4 Å². The molecule has 7 nitrogen and oxygen atoms in total. The van der Waals surface area contributed by atoms with Gasteiger partial charge in [-0.25, -0.2) is 4.79 Å². The number of nitrogens with one attached hydrogen (secondary N) is 2. The van der Waals surface area contributed by atoms with E-state index in [1.807, 2.05) is 0 Å². The number of hydrogen-bond acceptors (Lipinski definition) is 6. The number of carbonyl (C=O) groups is 3. The van der Waals surface area contributed by atoms with Gasteiger partial charge in [0.15, 0.2) is 6.61 Å². The number of anilines is 1. The van der Waals surface area contributed by atoms with Gasteiger partial charge in [0.05, 0.1) is 12.2 Å². The van der Waals surface area contributed by atoms with Crippen molar-refractivity contribution in [1.82, 2.24) is 5.32 Å². The Hall–Kier alpha value is -2.58. The third-order valence-corrected chi connectivity index (χ3v) is 4.94. The summed E-state index contributed by atoms with van der Waals surface area (Å²) < 4.78 is 10.4. The highest BCUT2D eigenvalue weighted by molar-refractivity contribution is 7.18. The fraction of sp³-hybridized carbons (Fsp3) is 0.278. The largest absolute Gasteiger partial charge is 0.484 e. The molecule has 9 heteroatoms. The van der Waals surface area contributed by atoms with Crippen molar-refractivity contribution in [3.63, 3.8) is 0 Å². The number of carbonyl (C=O) groups excluding carboxylic acids is 3. The van der Waals surface area contributed by atoms with Crippen LogP contribution in [0.5, 0.6) is 5.75 Å². The van der Waals surface area contributed by atoms with Crippen molar-refractivity contribution in [3.05, 3.63) is 45.3 Å². The van der Waals surface area contributed by atoms with Gasteiger partial charge >= 0.3 is 5.97 Å². The maximum absolute atomic E-state index is 12.2. The van der Waals surface area contributed by atoms with Gasteiger partial charge in [-0.05, 0) is 43.7 Å². The molecule has 0 aliphatic carbocycles. The molecule has 1 aromatic heterocycles. The van der Waals surface area contributed by atoms with Gasteiger partial charge in [-0.1, -0.05) is 11.6 Å². The lowest BCUT2D eigenvalue weighted by Gasteiger charge is -2.08. The zero-order chi connectivity index (χ0) is 20.0. The van der Waals surface area contributed by atoms with Crippen LogP contribution in [0.25, 0.3) is 0 Å². The Morgan fingerprint density at radius 1 is 1.19 bits per heavy atom. The van der Waals surface area contributed by atoms with Crippen LogP contribution in [-0.4, -0.2) is 38.0 Å². The molecule has 1 aromatic carbocycles. The molecule has 2 N–H and O–H groups in total. The number of halogens is 1. The van der Waals surface area contributed by atoms with Crippen molar-refractivity contribution in [1.29, 1.82) is 0 Å². The molecule has 1 heterocycles. The summed E-state index contributed by atoms with van der Waals surface area (Å²) in [6.07, 6.45) is 0. The van der Waals surface area contributed by atoms with Gasteiger partial charge in [0.2, 0.25) is 0 Å². The van der Waals surface area contributed by atoms with Crippen molar-refractivity contribution in [2.24, 2.45) is 0 Å². The van der Waals surface area contributed by atoms with Crippen LogP contribution in [0.2, 0.25) is 5.02 Å². The zero-order valence-electron chi connectivity index (χ0n) is 15.1. The Morgan fingerprint density at radius 2 is 1.85 bits per heavy atom. The smallest absolute Gasteiger partial charge is 0.348 e. The molecule has 0 saturated carbocycles. The quantitative estimate of drug-likeness (QED) is 0.683. The third-order valence-electron chi connectivity index (χ3n) is 3.50. The molecule has 0 fully saturated rings. The Morgan fingerprint density at radius 3 is 2.44 bits per heavy atom. The molecule has 2 amide bonds. The fourth-order valence-electron chi connectivity index (χ4n) is 2.23. The van der Waals surface area contributed by atoms with Crippen LogP contribution in [0.15, 0.2) is 24.3 Å². The van der Waals surface area contributed by atoms with Crippen LogP contribution < -0.4 is 15.4 Å². The topological polar surface area (TPSA) is 93.7 Å². The maximum atomic E-state index is 12.2. The Kier molecular flexibility index (Phi) is 7.20. The van der Waals surface area contributed by atoms with E-state index < -0.39 is 17.8 Å². The van der Waals surface area contributed by atoms with E-state index in [1.165, 1.54) is 7.05 Å². The second-order valence-electron chi connectivity index (χ2n) is 5.35. The number of rotatable bonds is 7. The maximum Gasteiger partial charge on any atom is 0.348 e. The number of ether oxygens (including phenoxy) is 2. The van der Waals surface area contributed by atoms with Crippen LogP contribution >= 0.6 is 22.9 Å². The average Bonchev–Trinajstić information content (AvgIpc) is 2.97. The van der Waals surface area contributed by atoms with Crippen LogP contribution in [0.1, 0.15) is 32.5 Å². The van der Waals surface area contributed by atoms with Crippen molar-refractivity contribution >= 4 is 45.7 Å². The monoisotopic (exact) mass is 410 g/mol. The van der Waals surface area contributed by atoms with E-state index in [1.54, 1.807) is 38.1 Å². The molecular formula is C18H19ClN2O5S. The molecule has 0 unspecified atom stereocenters. The standard InChI is InChI=1S/C18H19ClN2O5S/c1-4-25-18(24)15-10(2)14(16(23)20-3)17(27-15)21-13(22)9-26-12-7-5-11(19)6-8-12/h5-8H,4,9H2,1-3H3,(H,20,23)(H,21,22). The number of hydrogen-bond donors (Lipinski definition) is 2. The minimum atomic E-state index is -0.539. The minimum absolute atomic E-state index is 0.210. The van der Waals surface area contributed by atoms with Crippen LogP contribution in [0.4, 0.5) is 5.00 Å². The second-order valence-corrected chi connectivity index (χ2v) is 6.81. The summed E-state index contributed by atoms with van der Waals surface area (Å²) in [6, 6.07) is 6.57. The Balaban J connectivity index is 2.16. The third kappa shape index (κ3) is 5.21. The first-order valence-electron chi connectivity index (χ1n) is 8.08. The molecule has 27 heavy (non-hydrogen) atoms. The highest BCUT2D eigenvalue weighted by Crippen LogP contribution is 2.33. The molecule has 0 saturated heterocycles. The predicted molar refractivity (Wildman–Crippen MR) is 104 cm³/mol. The lowest BCUT2D eigenvalue weighted by atomic mass is 10.1. The summed E-state index contributed by atoms with van der Waals surface area (Å²) in [5.41, 5.74) is 0.678. The highest BCUT2D eigenvalue weighted by atomic mass is 35.5. The van der Waals surface area contributed by atoms with E-state index in [0.717, 1.165) is 11.3 Å². The number of benzene rings is 1. The molecule has 0 atom stereocenters. The van der Waals surface area contributed by atoms with E-state index in [2.05, 4.69) is 10.6 Å². The van der Waals surface area contributed by atoms with Gasteiger partial charge in [-0.15, -0.1) is 11.3 Å². The SMILES string of the molecule is CCOC(=O)c1sc(NC(=O)COc2ccc(Cl)cc2)c(C(=O)NC)c1C. The summed E-state index contributed by atoms with van der Waals surface area (Å²) in [4.78, 5) is 36.8. The lowest BCUT2D eigenvalue weighted by molar-refractivity contribution is -0.118. The van der Waals surface area contributed by atoms with Crippen molar-refractivity contribution < 1.29 is 23.9 Å². The van der Waals surface area contributed by atoms with E-state index in [0.29, 0.717) is 16.3 Å². The molecule has 2 aromatic rings. The van der Waals surface area contributed by atoms with Gasteiger partial charge in [0, 0.05) is 12.1 Å². The normalized spacial score (nSPS) is 10.2. The molecule has 144 valence electrons. The predicted octanol–water partition coefficient (Wildman–Crippen LogP) is 3.26. The zero-order valence-corrected chi connectivity index (χ0v) is 16.6. The summed E-state index contributed by atoms with van der Waals surface area (Å²) in [5.74, 6) is -0.932. The average molecular weight is 411 g/mol. The minimum Gasteiger partial charge on any atom is -0.484 e. The molecule has 0 aliphatic heterocycles. The van der Waals surface area contributed by atoms with E-state index >= 15 is 0 Å². The van der Waals surface area contributed by atoms with E-state index in [-0.39, 0.29) is 28.7 Å². The molecule has 0 radical (unpaired) electrons. The van der Waals surface area contributed by atoms with Crippen molar-refractivity contribution in [2.75, 3.05) is 25.6 Å². The number of amides is 2. The fourth-order valence-corrected chi connectivity index (χ4v) is 3.47. The Bertz CT molecular complexity index is 848. The molecule has 0 aliphatic rings. The van der Waals surface area contributed by atoms with Gasteiger partial charge < -0.3 is 20.1 Å². The summed E-state index contributed by atoms with van der Waals surface area (Å²) in [5, 5.41) is 5.95. The van der Waals surface area contributed by atoms with Gasteiger partial charge in [0.1, 0.15) is 15.6 Å². The lowest BCUT2D eigenvalue weighted by Crippen LogP contribution is -2.23. The molecule has 2 rings (SSSR count). The van der Waals surface area contributed by atoms with Crippen molar-refractivity contribution in [2.45, 2.75) is 13.8 Å².